The third kappa shape index (κ3) is 4.46. The molecule has 4 heteroatoms. The summed E-state index contributed by atoms with van der Waals surface area (Å²) in [6, 6.07) is 8.26. The maximum Gasteiger partial charge on any atom is 0.410 e. The Morgan fingerprint density at radius 1 is 1.29 bits per heavy atom. The number of hydrogen-bond acceptors (Lipinski definition) is 3. The Morgan fingerprint density at radius 2 is 1.90 bits per heavy atom. The van der Waals surface area contributed by atoms with Gasteiger partial charge in [-0.1, -0.05) is 38.1 Å². The fourth-order valence-electron chi connectivity index (χ4n) is 2.59. The van der Waals surface area contributed by atoms with E-state index >= 15 is 0 Å². The fourth-order valence-corrected chi connectivity index (χ4v) is 2.59. The van der Waals surface area contributed by atoms with Crippen LogP contribution in [0.15, 0.2) is 24.3 Å². The molecule has 2 N–H and O–H groups in total. The summed E-state index contributed by atoms with van der Waals surface area (Å²) in [6.07, 6.45) is 1.75. The summed E-state index contributed by atoms with van der Waals surface area (Å²) in [4.78, 5) is 13.8. The predicted molar refractivity (Wildman–Crippen MR) is 84.1 cm³/mol. The topological polar surface area (TPSA) is 55.6 Å². The number of hydrogen-bond donors (Lipinski definition) is 1. The second-order valence-electron chi connectivity index (χ2n) is 6.12. The smallest absolute Gasteiger partial charge is 0.410 e. The molecule has 1 fully saturated rings. The van der Waals surface area contributed by atoms with Gasteiger partial charge in [-0.3, -0.25) is 0 Å². The van der Waals surface area contributed by atoms with Crippen molar-refractivity contribution in [3.63, 3.8) is 0 Å². The lowest BCUT2D eigenvalue weighted by Gasteiger charge is -2.30. The van der Waals surface area contributed by atoms with Crippen LogP contribution in [0.3, 0.4) is 0 Å². The van der Waals surface area contributed by atoms with Crippen molar-refractivity contribution in [1.29, 1.82) is 0 Å². The van der Waals surface area contributed by atoms with Crippen LogP contribution in [0.5, 0.6) is 0 Å². The average molecular weight is 290 g/mol. The van der Waals surface area contributed by atoms with E-state index in [1.54, 1.807) is 4.90 Å². The van der Waals surface area contributed by atoms with Gasteiger partial charge in [0, 0.05) is 13.1 Å². The molecule has 1 amide bonds. The normalized spacial score (nSPS) is 16.3. The van der Waals surface area contributed by atoms with Gasteiger partial charge in [-0.15, -0.1) is 0 Å². The van der Waals surface area contributed by atoms with Crippen LogP contribution < -0.4 is 5.73 Å². The first-order chi connectivity index (χ1) is 10.1. The first kappa shape index (κ1) is 15.8. The van der Waals surface area contributed by atoms with Gasteiger partial charge in [-0.2, -0.15) is 0 Å². The van der Waals surface area contributed by atoms with Crippen LogP contribution in [0, 0.1) is 5.92 Å². The lowest BCUT2D eigenvalue weighted by atomic mass is 9.97. The molecule has 116 valence electrons. The number of nitrogens with zero attached hydrogens (tertiary/aromatic N) is 1. The number of nitrogens with two attached hydrogens (primary N) is 1. The van der Waals surface area contributed by atoms with Crippen LogP contribution in [0.4, 0.5) is 4.79 Å². The molecule has 0 unspecified atom stereocenters. The van der Waals surface area contributed by atoms with E-state index < -0.39 is 0 Å². The predicted octanol–water partition coefficient (Wildman–Crippen LogP) is 3.12. The largest absolute Gasteiger partial charge is 0.445 e. The summed E-state index contributed by atoms with van der Waals surface area (Å²) >= 11 is 0. The number of amides is 1. The van der Waals surface area contributed by atoms with Crippen molar-refractivity contribution in [2.24, 2.45) is 11.7 Å². The number of carbonyl (C=O) groups is 1. The highest BCUT2D eigenvalue weighted by Crippen LogP contribution is 2.18. The van der Waals surface area contributed by atoms with Gasteiger partial charge in [0.15, 0.2) is 0 Å². The first-order valence-electron chi connectivity index (χ1n) is 7.80. The summed E-state index contributed by atoms with van der Waals surface area (Å²) in [7, 11) is 0. The van der Waals surface area contributed by atoms with E-state index in [9.17, 15) is 4.79 Å². The maximum atomic E-state index is 12.0. The lowest BCUT2D eigenvalue weighted by Crippen LogP contribution is -2.40. The molecule has 0 aliphatic carbocycles. The SMILES string of the molecule is CC(C)c1ccc(COC(=O)N2CCC(CN)CC2)cc1. The van der Waals surface area contributed by atoms with Crippen LogP contribution in [-0.2, 0) is 11.3 Å². The monoisotopic (exact) mass is 290 g/mol. The van der Waals surface area contributed by atoms with E-state index in [0.29, 0.717) is 25.0 Å². The zero-order valence-corrected chi connectivity index (χ0v) is 13.0. The molecule has 0 spiro atoms. The Kier molecular flexibility index (Phi) is 5.62. The Hall–Kier alpha value is -1.55. The molecule has 4 nitrogen and oxygen atoms in total. The standard InChI is InChI=1S/C17H26N2O2/c1-13(2)16-5-3-15(4-6-16)12-21-17(20)19-9-7-14(11-18)8-10-19/h3-6,13-14H,7-12,18H2,1-2H3. The van der Waals surface area contributed by atoms with Crippen molar-refractivity contribution in [1.82, 2.24) is 4.90 Å². The molecular formula is C17H26N2O2. The van der Waals surface area contributed by atoms with E-state index in [1.807, 2.05) is 12.1 Å². The van der Waals surface area contributed by atoms with Gasteiger partial charge in [-0.05, 0) is 42.3 Å². The van der Waals surface area contributed by atoms with Gasteiger partial charge in [-0.25, -0.2) is 4.79 Å². The van der Waals surface area contributed by atoms with Crippen LogP contribution in [-0.4, -0.2) is 30.6 Å². The van der Waals surface area contributed by atoms with Gasteiger partial charge in [0.2, 0.25) is 0 Å². The molecule has 1 aliphatic rings. The molecule has 0 bridgehead atoms. The third-order valence-corrected chi connectivity index (χ3v) is 4.21. The minimum atomic E-state index is -0.210. The van der Waals surface area contributed by atoms with Crippen molar-refractivity contribution in [2.75, 3.05) is 19.6 Å². The number of benzene rings is 1. The summed E-state index contributed by atoms with van der Waals surface area (Å²) in [6.45, 7) is 6.90. The van der Waals surface area contributed by atoms with Gasteiger partial charge in [0.25, 0.3) is 0 Å². The fraction of sp³-hybridized carbons (Fsp3) is 0.588. The molecule has 1 heterocycles. The Balaban J connectivity index is 1.78. The Labute approximate surface area is 127 Å². The van der Waals surface area contributed by atoms with E-state index in [2.05, 4.69) is 26.0 Å². The molecular weight excluding hydrogens is 264 g/mol. The third-order valence-electron chi connectivity index (χ3n) is 4.21. The van der Waals surface area contributed by atoms with E-state index in [1.165, 1.54) is 5.56 Å². The number of ether oxygens (including phenoxy) is 1. The van der Waals surface area contributed by atoms with Gasteiger partial charge >= 0.3 is 6.09 Å². The summed E-state index contributed by atoms with van der Waals surface area (Å²) in [5.41, 5.74) is 7.99. The zero-order valence-electron chi connectivity index (χ0n) is 13.0. The Bertz CT molecular complexity index is 448. The van der Waals surface area contributed by atoms with Crippen molar-refractivity contribution >= 4 is 6.09 Å². The first-order valence-corrected chi connectivity index (χ1v) is 7.80. The minimum absolute atomic E-state index is 0.210. The molecule has 0 saturated carbocycles. The molecule has 0 atom stereocenters. The molecule has 0 aromatic heterocycles. The van der Waals surface area contributed by atoms with Crippen molar-refractivity contribution in [3.8, 4) is 0 Å². The summed E-state index contributed by atoms with van der Waals surface area (Å²) in [5, 5.41) is 0. The minimum Gasteiger partial charge on any atom is -0.445 e. The second kappa shape index (κ2) is 7.46. The van der Waals surface area contributed by atoms with Crippen molar-refractivity contribution in [3.05, 3.63) is 35.4 Å². The molecule has 1 aromatic carbocycles. The highest BCUT2D eigenvalue weighted by molar-refractivity contribution is 5.67. The van der Waals surface area contributed by atoms with Crippen LogP contribution >= 0.6 is 0 Å². The highest BCUT2D eigenvalue weighted by atomic mass is 16.6. The van der Waals surface area contributed by atoms with Gasteiger partial charge < -0.3 is 15.4 Å². The van der Waals surface area contributed by atoms with Crippen LogP contribution in [0.2, 0.25) is 0 Å². The van der Waals surface area contributed by atoms with Crippen LogP contribution in [0.25, 0.3) is 0 Å². The van der Waals surface area contributed by atoms with Gasteiger partial charge in [0.1, 0.15) is 6.61 Å². The maximum absolute atomic E-state index is 12.0. The molecule has 21 heavy (non-hydrogen) atoms. The summed E-state index contributed by atoms with van der Waals surface area (Å²) in [5.74, 6) is 1.07. The molecule has 1 aromatic rings. The van der Waals surface area contributed by atoms with Crippen molar-refractivity contribution < 1.29 is 9.53 Å². The van der Waals surface area contributed by atoms with E-state index in [4.69, 9.17) is 10.5 Å². The van der Waals surface area contributed by atoms with E-state index in [0.717, 1.165) is 31.5 Å². The molecule has 2 rings (SSSR count). The van der Waals surface area contributed by atoms with Crippen LogP contribution in [0.1, 0.15) is 43.7 Å². The van der Waals surface area contributed by atoms with E-state index in [-0.39, 0.29) is 6.09 Å². The van der Waals surface area contributed by atoms with Gasteiger partial charge in [0.05, 0.1) is 0 Å². The number of carbonyl (C=O) groups excluding carboxylic acids is 1. The Morgan fingerprint density at radius 3 is 2.43 bits per heavy atom. The number of likely N-dealkylation sites (tertiary alicyclic amines) is 1. The molecule has 1 saturated heterocycles. The zero-order chi connectivity index (χ0) is 15.2. The molecule has 1 aliphatic heterocycles. The lowest BCUT2D eigenvalue weighted by molar-refractivity contribution is 0.0829. The second-order valence-corrected chi connectivity index (χ2v) is 6.12. The quantitative estimate of drug-likeness (QED) is 0.927. The van der Waals surface area contributed by atoms with Crippen molar-refractivity contribution in [2.45, 2.75) is 39.2 Å². The number of rotatable bonds is 4. The average Bonchev–Trinajstić information content (AvgIpc) is 2.53. The summed E-state index contributed by atoms with van der Waals surface area (Å²) < 4.78 is 5.39. The number of piperidine rings is 1. The molecule has 0 radical (unpaired) electrons. The highest BCUT2D eigenvalue weighted by Gasteiger charge is 2.22.